The quantitative estimate of drug-likeness (QED) is 0.453. The van der Waals surface area contributed by atoms with Gasteiger partial charge in [-0.1, -0.05) is 24.3 Å². The zero-order valence-electron chi connectivity index (χ0n) is 15.2. The summed E-state index contributed by atoms with van der Waals surface area (Å²) in [6, 6.07) is 12.9. The van der Waals surface area contributed by atoms with Crippen molar-refractivity contribution in [3.63, 3.8) is 0 Å². The fraction of sp³-hybridized carbons (Fsp3) is 0.100. The number of halogens is 4. The smallest absolute Gasteiger partial charge is 0.313 e. The van der Waals surface area contributed by atoms with Gasteiger partial charge in [-0.3, -0.25) is 9.71 Å². The van der Waals surface area contributed by atoms with E-state index in [1.807, 2.05) is 0 Å². The first-order chi connectivity index (χ1) is 14.3. The van der Waals surface area contributed by atoms with Gasteiger partial charge < -0.3 is 4.57 Å². The van der Waals surface area contributed by atoms with Gasteiger partial charge >= 0.3 is 6.18 Å². The molecule has 10 heteroatoms. The van der Waals surface area contributed by atoms with Crippen LogP contribution in [0.3, 0.4) is 0 Å². The Kier molecular flexibility index (Phi) is 5.25. The molecule has 4 rings (SSSR count). The summed E-state index contributed by atoms with van der Waals surface area (Å²) in [6.45, 7) is -1.29. The van der Waals surface area contributed by atoms with Crippen molar-refractivity contribution in [2.45, 2.75) is 17.9 Å². The number of anilines is 1. The molecule has 2 heterocycles. The highest BCUT2D eigenvalue weighted by atomic mass is 32.2. The average molecular weight is 434 g/mol. The molecule has 30 heavy (non-hydrogen) atoms. The maximum Gasteiger partial charge on any atom is 0.406 e. The molecule has 2 aromatic carbocycles. The van der Waals surface area contributed by atoms with Crippen molar-refractivity contribution in [1.82, 2.24) is 14.5 Å². The Bertz CT molecular complexity index is 1220. The van der Waals surface area contributed by atoms with Gasteiger partial charge in [0.15, 0.2) is 11.0 Å². The van der Waals surface area contributed by atoms with Gasteiger partial charge in [0.2, 0.25) is 5.16 Å². The van der Waals surface area contributed by atoms with E-state index < -0.39 is 23.7 Å². The van der Waals surface area contributed by atoms with Gasteiger partial charge in [-0.15, -0.1) is 0 Å². The Hall–Kier alpha value is -3.27. The fourth-order valence-corrected chi connectivity index (χ4v) is 4.02. The standard InChI is InChI=1S/C20H14F4N4OS/c21-14-5-3-13(4-6-14)15-7-8-17(18-16(15)2-1-9-25-18)27-30(29)19-26-10-11-28(19)12-20(22,23)24/h1-11,27H,12H2. The molecule has 0 aliphatic heterocycles. The molecule has 0 aliphatic carbocycles. The third-order valence-corrected chi connectivity index (χ3v) is 5.40. The third kappa shape index (κ3) is 4.18. The monoisotopic (exact) mass is 434 g/mol. The van der Waals surface area contributed by atoms with Crippen molar-refractivity contribution >= 4 is 27.6 Å². The van der Waals surface area contributed by atoms with Crippen LogP contribution in [0.5, 0.6) is 0 Å². The number of rotatable bonds is 5. The summed E-state index contributed by atoms with van der Waals surface area (Å²) >= 11 is 0. The SMILES string of the molecule is O=S(Nc1ccc(-c2ccc(F)cc2)c2cccnc12)c1nccn1CC(F)(F)F. The minimum absolute atomic E-state index is 0.251. The Labute approximate surface area is 171 Å². The normalized spacial score (nSPS) is 12.8. The molecule has 5 nitrogen and oxygen atoms in total. The van der Waals surface area contributed by atoms with Gasteiger partial charge in [-0.2, -0.15) is 13.2 Å². The second kappa shape index (κ2) is 7.86. The molecule has 2 aromatic heterocycles. The van der Waals surface area contributed by atoms with Crippen molar-refractivity contribution in [3.05, 3.63) is 72.9 Å². The topological polar surface area (TPSA) is 59.8 Å². The second-order valence-electron chi connectivity index (χ2n) is 6.39. The van der Waals surface area contributed by atoms with Gasteiger partial charge in [0.05, 0.1) is 11.2 Å². The van der Waals surface area contributed by atoms with Crippen LogP contribution in [0.15, 0.2) is 72.3 Å². The van der Waals surface area contributed by atoms with Crippen molar-refractivity contribution in [2.24, 2.45) is 0 Å². The lowest BCUT2D eigenvalue weighted by atomic mass is 10.00. The van der Waals surface area contributed by atoms with Crippen molar-refractivity contribution < 1.29 is 21.8 Å². The van der Waals surface area contributed by atoms with Crippen molar-refractivity contribution in [3.8, 4) is 11.1 Å². The number of hydrogen-bond acceptors (Lipinski definition) is 3. The Morgan fingerprint density at radius 2 is 1.77 bits per heavy atom. The first kappa shape index (κ1) is 20.0. The third-order valence-electron chi connectivity index (χ3n) is 4.32. The minimum Gasteiger partial charge on any atom is -0.313 e. The summed E-state index contributed by atoms with van der Waals surface area (Å²) in [7, 11) is -2.05. The Morgan fingerprint density at radius 1 is 1.00 bits per heavy atom. The molecular formula is C20H14F4N4OS. The Balaban J connectivity index is 1.70. The number of imidazole rings is 1. The summed E-state index contributed by atoms with van der Waals surface area (Å²) in [5.41, 5.74) is 2.40. The van der Waals surface area contributed by atoms with E-state index in [2.05, 4.69) is 14.7 Å². The maximum atomic E-state index is 13.3. The molecule has 0 saturated carbocycles. The Morgan fingerprint density at radius 3 is 2.50 bits per heavy atom. The number of nitrogens with zero attached hydrogens (tertiary/aromatic N) is 3. The summed E-state index contributed by atoms with van der Waals surface area (Å²) in [5, 5.41) is 0.462. The van der Waals surface area contributed by atoms with Crippen LogP contribution in [-0.4, -0.2) is 24.9 Å². The molecule has 4 aromatic rings. The van der Waals surface area contributed by atoms with Gasteiger partial charge in [0, 0.05) is 24.0 Å². The largest absolute Gasteiger partial charge is 0.406 e. The molecule has 0 aliphatic rings. The molecule has 0 amide bonds. The molecule has 0 radical (unpaired) electrons. The number of nitrogens with one attached hydrogen (secondary N) is 1. The van der Waals surface area contributed by atoms with Crippen LogP contribution < -0.4 is 4.72 Å². The van der Waals surface area contributed by atoms with E-state index in [0.29, 0.717) is 16.6 Å². The predicted octanol–water partition coefficient (Wildman–Crippen LogP) is 4.93. The number of alkyl halides is 3. The van der Waals surface area contributed by atoms with Crippen LogP contribution in [0.4, 0.5) is 23.2 Å². The number of hydrogen-bond donors (Lipinski definition) is 1. The zero-order chi connectivity index (χ0) is 21.3. The molecule has 0 spiro atoms. The molecule has 154 valence electrons. The van der Waals surface area contributed by atoms with Crippen LogP contribution in [0.2, 0.25) is 0 Å². The summed E-state index contributed by atoms with van der Waals surface area (Å²) in [5.74, 6) is -0.357. The molecule has 0 fully saturated rings. The highest BCUT2D eigenvalue weighted by molar-refractivity contribution is 7.86. The molecular weight excluding hydrogens is 420 g/mol. The molecule has 0 bridgehead atoms. The van der Waals surface area contributed by atoms with E-state index in [1.165, 1.54) is 12.1 Å². The molecule has 1 unspecified atom stereocenters. The summed E-state index contributed by atoms with van der Waals surface area (Å²) in [6.07, 6.45) is -0.634. The highest BCUT2D eigenvalue weighted by Crippen LogP contribution is 2.32. The highest BCUT2D eigenvalue weighted by Gasteiger charge is 2.30. The molecule has 1 N–H and O–H groups in total. The van der Waals surface area contributed by atoms with Crippen LogP contribution >= 0.6 is 0 Å². The van der Waals surface area contributed by atoms with Crippen LogP contribution in [0.1, 0.15) is 0 Å². The lowest BCUT2D eigenvalue weighted by molar-refractivity contribution is -0.142. The van der Waals surface area contributed by atoms with E-state index in [9.17, 15) is 21.8 Å². The molecule has 1 atom stereocenters. The summed E-state index contributed by atoms with van der Waals surface area (Å²) in [4.78, 5) is 8.12. The van der Waals surface area contributed by atoms with Gasteiger partial charge in [0.1, 0.15) is 12.4 Å². The van der Waals surface area contributed by atoms with E-state index in [0.717, 1.165) is 28.1 Å². The van der Waals surface area contributed by atoms with E-state index >= 15 is 0 Å². The number of pyridine rings is 1. The number of aromatic nitrogens is 3. The maximum absolute atomic E-state index is 13.3. The second-order valence-corrected chi connectivity index (χ2v) is 7.50. The first-order valence-electron chi connectivity index (χ1n) is 8.72. The van der Waals surface area contributed by atoms with E-state index in [-0.39, 0.29) is 11.0 Å². The van der Waals surface area contributed by atoms with Crippen molar-refractivity contribution in [2.75, 3.05) is 4.72 Å². The minimum atomic E-state index is -4.47. The lowest BCUT2D eigenvalue weighted by Crippen LogP contribution is -2.21. The molecule has 0 saturated heterocycles. The average Bonchev–Trinajstić information content (AvgIpc) is 3.15. The zero-order valence-corrected chi connectivity index (χ0v) is 16.0. The van der Waals surface area contributed by atoms with Crippen LogP contribution in [-0.2, 0) is 17.5 Å². The van der Waals surface area contributed by atoms with Crippen LogP contribution in [0, 0.1) is 5.82 Å². The first-order valence-corrected chi connectivity index (χ1v) is 9.87. The van der Waals surface area contributed by atoms with Gasteiger partial charge in [0.25, 0.3) is 0 Å². The fourth-order valence-electron chi connectivity index (χ4n) is 3.07. The number of fused-ring (bicyclic) bond motifs is 1. The van der Waals surface area contributed by atoms with Crippen LogP contribution in [0.25, 0.3) is 22.0 Å². The number of benzene rings is 2. The predicted molar refractivity (Wildman–Crippen MR) is 105 cm³/mol. The van der Waals surface area contributed by atoms with Crippen molar-refractivity contribution in [1.29, 1.82) is 0 Å². The van der Waals surface area contributed by atoms with E-state index in [1.54, 1.807) is 42.6 Å². The van der Waals surface area contributed by atoms with Gasteiger partial charge in [-0.05, 0) is 35.4 Å². The lowest BCUT2D eigenvalue weighted by Gasteiger charge is -2.13. The summed E-state index contributed by atoms with van der Waals surface area (Å²) < 4.78 is 67.6. The van der Waals surface area contributed by atoms with E-state index in [4.69, 9.17) is 0 Å². The van der Waals surface area contributed by atoms with Gasteiger partial charge in [-0.25, -0.2) is 13.6 Å².